The Bertz CT molecular complexity index is 609. The summed E-state index contributed by atoms with van der Waals surface area (Å²) in [5.41, 5.74) is 8.47. The predicted octanol–water partition coefficient (Wildman–Crippen LogP) is 3.00. The van der Waals surface area contributed by atoms with Crippen LogP contribution in [-0.4, -0.2) is 12.5 Å². The highest BCUT2D eigenvalue weighted by molar-refractivity contribution is 6.04. The molecule has 2 aromatic rings. The standard InChI is InChI=1S/C17H18N2O/c18-11-14-10-16(14)13-7-4-8-15(9-13)19-17(20)12-5-2-1-3-6-12/h1-9,14,16H,10-11,18H2,(H,19,20)/t14-,16-/m1/s1. The fraction of sp³-hybridized carbons (Fsp3) is 0.235. The second-order valence-corrected chi connectivity index (χ2v) is 5.28. The molecule has 3 heteroatoms. The van der Waals surface area contributed by atoms with Crippen LogP contribution in [0.25, 0.3) is 0 Å². The summed E-state index contributed by atoms with van der Waals surface area (Å²) in [6.45, 7) is 0.741. The number of carbonyl (C=O) groups is 1. The van der Waals surface area contributed by atoms with Crippen LogP contribution in [0, 0.1) is 5.92 Å². The maximum atomic E-state index is 12.1. The highest BCUT2D eigenvalue weighted by Crippen LogP contribution is 2.46. The lowest BCUT2D eigenvalue weighted by atomic mass is 10.1. The fourth-order valence-corrected chi connectivity index (χ4v) is 2.56. The molecule has 1 aliphatic carbocycles. The fourth-order valence-electron chi connectivity index (χ4n) is 2.56. The lowest BCUT2D eigenvalue weighted by Crippen LogP contribution is -2.11. The van der Waals surface area contributed by atoms with Crippen molar-refractivity contribution in [3.05, 3.63) is 65.7 Å². The van der Waals surface area contributed by atoms with E-state index in [4.69, 9.17) is 5.73 Å². The van der Waals surface area contributed by atoms with Crippen molar-refractivity contribution in [1.82, 2.24) is 0 Å². The van der Waals surface area contributed by atoms with Gasteiger partial charge in [0.25, 0.3) is 5.91 Å². The lowest BCUT2D eigenvalue weighted by Gasteiger charge is -2.07. The average molecular weight is 266 g/mol. The van der Waals surface area contributed by atoms with Crippen LogP contribution in [-0.2, 0) is 0 Å². The van der Waals surface area contributed by atoms with Gasteiger partial charge in [0.05, 0.1) is 0 Å². The first kappa shape index (κ1) is 12.9. The van der Waals surface area contributed by atoms with Crippen molar-refractivity contribution in [1.29, 1.82) is 0 Å². The van der Waals surface area contributed by atoms with Crippen molar-refractivity contribution in [3.63, 3.8) is 0 Å². The quantitative estimate of drug-likeness (QED) is 0.893. The Morgan fingerprint density at radius 1 is 1.15 bits per heavy atom. The molecule has 0 heterocycles. The van der Waals surface area contributed by atoms with E-state index in [0.29, 0.717) is 17.4 Å². The summed E-state index contributed by atoms with van der Waals surface area (Å²) >= 11 is 0. The average Bonchev–Trinajstić information content (AvgIpc) is 3.28. The van der Waals surface area contributed by atoms with Crippen LogP contribution >= 0.6 is 0 Å². The van der Waals surface area contributed by atoms with Crippen LogP contribution in [0.2, 0.25) is 0 Å². The lowest BCUT2D eigenvalue weighted by molar-refractivity contribution is 0.102. The van der Waals surface area contributed by atoms with Crippen molar-refractivity contribution in [3.8, 4) is 0 Å². The Kier molecular flexibility index (Phi) is 3.52. The van der Waals surface area contributed by atoms with Crippen LogP contribution < -0.4 is 11.1 Å². The molecule has 0 aromatic heterocycles. The smallest absolute Gasteiger partial charge is 0.255 e. The summed E-state index contributed by atoms with van der Waals surface area (Å²) in [5, 5.41) is 2.94. The SMILES string of the molecule is NC[C@H]1C[C@@H]1c1cccc(NC(=O)c2ccccc2)c1. The number of anilines is 1. The molecular weight excluding hydrogens is 248 g/mol. The van der Waals surface area contributed by atoms with Crippen LogP contribution in [0.15, 0.2) is 54.6 Å². The zero-order chi connectivity index (χ0) is 13.9. The summed E-state index contributed by atoms with van der Waals surface area (Å²) in [6, 6.07) is 17.3. The Morgan fingerprint density at radius 3 is 2.65 bits per heavy atom. The number of rotatable bonds is 4. The van der Waals surface area contributed by atoms with Gasteiger partial charge < -0.3 is 11.1 Å². The normalized spacial score (nSPS) is 20.4. The van der Waals surface area contributed by atoms with E-state index >= 15 is 0 Å². The maximum absolute atomic E-state index is 12.1. The number of benzene rings is 2. The molecule has 0 bridgehead atoms. The van der Waals surface area contributed by atoms with Gasteiger partial charge in [0.1, 0.15) is 0 Å². The van der Waals surface area contributed by atoms with Crippen molar-refractivity contribution in [2.75, 3.05) is 11.9 Å². The topological polar surface area (TPSA) is 55.1 Å². The number of nitrogens with two attached hydrogens (primary N) is 1. The maximum Gasteiger partial charge on any atom is 0.255 e. The molecule has 1 saturated carbocycles. The third-order valence-corrected chi connectivity index (χ3v) is 3.83. The summed E-state index contributed by atoms with van der Waals surface area (Å²) in [7, 11) is 0. The second-order valence-electron chi connectivity index (χ2n) is 5.28. The Balaban J connectivity index is 1.72. The highest BCUT2D eigenvalue weighted by Gasteiger charge is 2.36. The summed E-state index contributed by atoms with van der Waals surface area (Å²) < 4.78 is 0. The Hall–Kier alpha value is -2.13. The number of carbonyl (C=O) groups excluding carboxylic acids is 1. The molecule has 2 atom stereocenters. The minimum Gasteiger partial charge on any atom is -0.330 e. The number of hydrogen-bond donors (Lipinski definition) is 2. The summed E-state index contributed by atoms with van der Waals surface area (Å²) in [6.07, 6.45) is 1.16. The molecule has 2 aromatic carbocycles. The van der Waals surface area contributed by atoms with E-state index in [1.54, 1.807) is 0 Å². The zero-order valence-corrected chi connectivity index (χ0v) is 11.3. The van der Waals surface area contributed by atoms with Gasteiger partial charge in [-0.2, -0.15) is 0 Å². The van der Waals surface area contributed by atoms with Crippen LogP contribution in [0.4, 0.5) is 5.69 Å². The van der Waals surface area contributed by atoms with E-state index in [9.17, 15) is 4.79 Å². The molecule has 1 aliphatic rings. The first-order valence-corrected chi connectivity index (χ1v) is 6.94. The molecule has 102 valence electrons. The molecule has 1 fully saturated rings. The molecular formula is C17H18N2O. The van der Waals surface area contributed by atoms with Gasteiger partial charge in [-0.25, -0.2) is 0 Å². The number of hydrogen-bond acceptors (Lipinski definition) is 2. The number of nitrogens with one attached hydrogen (secondary N) is 1. The van der Waals surface area contributed by atoms with Crippen LogP contribution in [0.5, 0.6) is 0 Å². The largest absolute Gasteiger partial charge is 0.330 e. The molecule has 20 heavy (non-hydrogen) atoms. The van der Waals surface area contributed by atoms with E-state index < -0.39 is 0 Å². The molecule has 3 nitrogen and oxygen atoms in total. The van der Waals surface area contributed by atoms with Crippen molar-refractivity contribution in [2.45, 2.75) is 12.3 Å². The first-order valence-electron chi connectivity index (χ1n) is 6.94. The van der Waals surface area contributed by atoms with E-state index in [0.717, 1.165) is 18.7 Å². The van der Waals surface area contributed by atoms with Gasteiger partial charge in [0.15, 0.2) is 0 Å². The monoisotopic (exact) mass is 266 g/mol. The first-order chi connectivity index (χ1) is 9.78. The minimum atomic E-state index is -0.0751. The van der Waals surface area contributed by atoms with Gasteiger partial charge in [-0.1, -0.05) is 30.3 Å². The molecule has 0 aliphatic heterocycles. The van der Waals surface area contributed by atoms with Crippen molar-refractivity contribution < 1.29 is 4.79 Å². The van der Waals surface area contributed by atoms with Crippen molar-refractivity contribution in [2.24, 2.45) is 11.7 Å². The van der Waals surface area contributed by atoms with Gasteiger partial charge in [-0.3, -0.25) is 4.79 Å². The second kappa shape index (κ2) is 5.47. The molecule has 3 rings (SSSR count). The van der Waals surface area contributed by atoms with Crippen LogP contribution in [0.3, 0.4) is 0 Å². The molecule has 0 spiro atoms. The highest BCUT2D eigenvalue weighted by atomic mass is 16.1. The van der Waals surface area contributed by atoms with E-state index in [1.165, 1.54) is 5.56 Å². The van der Waals surface area contributed by atoms with Gasteiger partial charge in [0.2, 0.25) is 0 Å². The molecule has 3 N–H and O–H groups in total. The zero-order valence-electron chi connectivity index (χ0n) is 11.3. The minimum absolute atomic E-state index is 0.0751. The van der Waals surface area contributed by atoms with Crippen molar-refractivity contribution >= 4 is 11.6 Å². The third kappa shape index (κ3) is 2.73. The molecule has 0 saturated heterocycles. The van der Waals surface area contributed by atoms with Gasteiger partial charge >= 0.3 is 0 Å². The summed E-state index contributed by atoms with van der Waals surface area (Å²) in [4.78, 5) is 12.1. The summed E-state index contributed by atoms with van der Waals surface area (Å²) in [5.74, 6) is 1.09. The third-order valence-electron chi connectivity index (χ3n) is 3.83. The predicted molar refractivity (Wildman–Crippen MR) is 80.7 cm³/mol. The van der Waals surface area contributed by atoms with E-state index in [2.05, 4.69) is 17.4 Å². The van der Waals surface area contributed by atoms with Crippen LogP contribution in [0.1, 0.15) is 28.3 Å². The van der Waals surface area contributed by atoms with Gasteiger partial charge in [-0.15, -0.1) is 0 Å². The Labute approximate surface area is 118 Å². The molecule has 0 unspecified atom stereocenters. The molecule has 1 amide bonds. The van der Waals surface area contributed by atoms with E-state index in [1.807, 2.05) is 42.5 Å². The van der Waals surface area contributed by atoms with Gasteiger partial charge in [-0.05, 0) is 54.6 Å². The van der Waals surface area contributed by atoms with E-state index in [-0.39, 0.29) is 5.91 Å². The number of amides is 1. The Morgan fingerprint density at radius 2 is 1.95 bits per heavy atom. The van der Waals surface area contributed by atoms with Gasteiger partial charge in [0, 0.05) is 11.3 Å². The molecule has 0 radical (unpaired) electrons.